The first kappa shape index (κ1) is 16.0. The largest absolute Gasteiger partial charge is 0.364 e. The van der Waals surface area contributed by atoms with E-state index in [-0.39, 0.29) is 0 Å². The Morgan fingerprint density at radius 2 is 1.88 bits per heavy atom. The lowest BCUT2D eigenvalue weighted by molar-refractivity contribution is -0.109. The van der Waals surface area contributed by atoms with Crippen molar-refractivity contribution in [3.8, 4) is 0 Å². The molecule has 16 heavy (non-hydrogen) atoms. The number of hydrogen-bond acceptors (Lipinski definition) is 8. The fraction of sp³-hybridized carbons (Fsp3) is 0.571. The fourth-order valence-corrected chi connectivity index (χ4v) is 3.63. The summed E-state index contributed by atoms with van der Waals surface area (Å²) in [6.07, 6.45) is 1.70. The maximum atomic E-state index is 12.0. The highest BCUT2D eigenvalue weighted by Crippen LogP contribution is 2.57. The van der Waals surface area contributed by atoms with Crippen LogP contribution in [0.1, 0.15) is 13.8 Å². The van der Waals surface area contributed by atoms with E-state index in [9.17, 15) is 9.36 Å². The molecule has 0 spiro atoms. The predicted molar refractivity (Wildman–Crippen MR) is 68.0 cm³/mol. The smallest absolute Gasteiger partial charge is 0.323 e. The molecule has 0 saturated heterocycles. The average Bonchev–Trinajstić information content (AvgIpc) is 2.24. The third-order valence-corrected chi connectivity index (χ3v) is 4.58. The van der Waals surface area contributed by atoms with Crippen LogP contribution in [0, 0.1) is 6.16 Å². The van der Waals surface area contributed by atoms with Gasteiger partial charge in [-0.3, -0.25) is 9.36 Å². The summed E-state index contributed by atoms with van der Waals surface area (Å²) in [5.74, 6) is 5.37. The summed E-state index contributed by atoms with van der Waals surface area (Å²) >= 11 is 1.93. The molecule has 1 radical (unpaired) electrons. The molecule has 0 unspecified atom stereocenters. The van der Waals surface area contributed by atoms with E-state index in [1.165, 1.54) is 0 Å². The first-order chi connectivity index (χ1) is 7.58. The molecule has 0 heterocycles. The van der Waals surface area contributed by atoms with E-state index < -0.39 is 13.4 Å². The minimum absolute atomic E-state index is 0.594. The molecule has 0 atom stereocenters. The van der Waals surface area contributed by atoms with Crippen molar-refractivity contribution < 1.29 is 17.3 Å². The van der Waals surface area contributed by atoms with E-state index in [0.29, 0.717) is 11.5 Å². The van der Waals surface area contributed by atoms with Gasteiger partial charge in [0.15, 0.2) is 5.78 Å². The van der Waals surface area contributed by atoms with Gasteiger partial charge in [-0.15, -0.1) is 0 Å². The summed E-state index contributed by atoms with van der Waals surface area (Å²) in [6.45, 7) is 3.65. The van der Waals surface area contributed by atoms with Crippen LogP contribution in [0.15, 0.2) is 5.10 Å². The second kappa shape index (κ2) is 9.07. The summed E-state index contributed by atoms with van der Waals surface area (Å²) in [6, 6.07) is 0. The SMILES string of the molecule is CCSOP(=O)([CH]C(=O)C=NN)OSCC. The zero-order chi connectivity index (χ0) is 12.4. The zero-order valence-electron chi connectivity index (χ0n) is 8.99. The summed E-state index contributed by atoms with van der Waals surface area (Å²) in [7, 11) is -3.53. The maximum Gasteiger partial charge on any atom is 0.364 e. The Hall–Kier alpha value is -0.0100. The number of Topliss-reactive ketones (excluding diaryl/α,β-unsaturated/α-hetero) is 1. The molecule has 0 saturated carbocycles. The number of hydrogen-bond donors (Lipinski definition) is 1. The lowest BCUT2D eigenvalue weighted by Gasteiger charge is -2.13. The normalized spacial score (nSPS) is 12.1. The van der Waals surface area contributed by atoms with Gasteiger partial charge >= 0.3 is 7.60 Å². The van der Waals surface area contributed by atoms with Crippen molar-refractivity contribution >= 4 is 43.7 Å². The summed E-state index contributed by atoms with van der Waals surface area (Å²) in [5.41, 5.74) is 0. The van der Waals surface area contributed by atoms with Crippen LogP contribution in [-0.2, 0) is 17.3 Å². The number of hydrazone groups is 1. The second-order valence-corrected chi connectivity index (χ2v) is 6.47. The molecule has 0 amide bonds. The molecule has 0 aliphatic heterocycles. The number of nitrogens with two attached hydrogens (primary N) is 1. The predicted octanol–water partition coefficient (Wildman–Crippen LogP) is 2.22. The van der Waals surface area contributed by atoms with Gasteiger partial charge in [-0.05, 0) is 0 Å². The number of ketones is 1. The maximum absolute atomic E-state index is 12.0. The zero-order valence-corrected chi connectivity index (χ0v) is 11.5. The van der Waals surface area contributed by atoms with Gasteiger partial charge in [0.1, 0.15) is 6.16 Å². The molecule has 0 aromatic heterocycles. The van der Waals surface area contributed by atoms with Crippen LogP contribution >= 0.6 is 31.7 Å². The molecule has 0 aliphatic carbocycles. The van der Waals surface area contributed by atoms with Crippen molar-refractivity contribution in [1.29, 1.82) is 0 Å². The van der Waals surface area contributed by atoms with E-state index in [1.54, 1.807) is 0 Å². The van der Waals surface area contributed by atoms with Gasteiger partial charge in [0.2, 0.25) is 0 Å². The second-order valence-electron chi connectivity index (χ2n) is 2.31. The van der Waals surface area contributed by atoms with Crippen molar-refractivity contribution in [3.05, 3.63) is 6.16 Å². The third-order valence-electron chi connectivity index (χ3n) is 1.04. The average molecular weight is 285 g/mol. The van der Waals surface area contributed by atoms with E-state index in [1.807, 2.05) is 13.8 Å². The molecule has 0 aromatic carbocycles. The van der Waals surface area contributed by atoms with Crippen molar-refractivity contribution in [2.24, 2.45) is 10.9 Å². The number of carbonyl (C=O) groups is 1. The molecule has 9 heteroatoms. The Kier molecular flexibility index (Phi) is 9.06. The molecular formula is C7H14N2O4PS2. The quantitative estimate of drug-likeness (QED) is 0.228. The van der Waals surface area contributed by atoms with Crippen LogP contribution in [0.25, 0.3) is 0 Å². The minimum atomic E-state index is -3.53. The topological polar surface area (TPSA) is 91.0 Å². The lowest BCUT2D eigenvalue weighted by Crippen LogP contribution is -2.03. The van der Waals surface area contributed by atoms with Crippen molar-refractivity contribution in [1.82, 2.24) is 0 Å². The number of rotatable bonds is 9. The van der Waals surface area contributed by atoms with Crippen LogP contribution < -0.4 is 5.84 Å². The van der Waals surface area contributed by atoms with Crippen LogP contribution in [0.4, 0.5) is 0 Å². The van der Waals surface area contributed by atoms with Crippen LogP contribution in [0.2, 0.25) is 0 Å². The van der Waals surface area contributed by atoms with Gasteiger partial charge in [0, 0.05) is 35.6 Å². The van der Waals surface area contributed by atoms with Crippen LogP contribution in [-0.4, -0.2) is 23.5 Å². The first-order valence-electron chi connectivity index (χ1n) is 4.43. The standard InChI is InChI=1S/C7H14N2O4PS2/c1-3-15-12-14(11,13-16-4-2)6-7(10)5-9-8/h5-6H,3-4,8H2,1-2H3. The highest BCUT2D eigenvalue weighted by molar-refractivity contribution is 8.02. The van der Waals surface area contributed by atoms with Crippen molar-refractivity contribution in [3.63, 3.8) is 0 Å². The Morgan fingerprint density at radius 1 is 1.38 bits per heavy atom. The van der Waals surface area contributed by atoms with Crippen LogP contribution in [0.3, 0.4) is 0 Å². The number of carbonyl (C=O) groups excluding carboxylic acids is 1. The molecular weight excluding hydrogens is 271 g/mol. The molecule has 93 valence electrons. The molecule has 6 nitrogen and oxygen atoms in total. The Bertz CT molecular complexity index is 276. The number of nitrogens with zero attached hydrogens (tertiary/aromatic N) is 1. The van der Waals surface area contributed by atoms with Gasteiger partial charge in [-0.2, -0.15) is 5.10 Å². The van der Waals surface area contributed by atoms with Gasteiger partial charge in [0.25, 0.3) is 0 Å². The molecule has 0 aliphatic rings. The fourth-order valence-electron chi connectivity index (χ4n) is 0.570. The molecule has 0 bridgehead atoms. The van der Waals surface area contributed by atoms with E-state index >= 15 is 0 Å². The van der Waals surface area contributed by atoms with Gasteiger partial charge in [-0.1, -0.05) is 13.8 Å². The van der Waals surface area contributed by atoms with Gasteiger partial charge in [-0.25, -0.2) is 7.94 Å². The van der Waals surface area contributed by atoms with E-state index in [0.717, 1.165) is 36.5 Å². The monoisotopic (exact) mass is 285 g/mol. The van der Waals surface area contributed by atoms with Crippen LogP contribution in [0.5, 0.6) is 0 Å². The van der Waals surface area contributed by atoms with Crippen molar-refractivity contribution in [2.45, 2.75) is 13.8 Å². The van der Waals surface area contributed by atoms with Gasteiger partial charge < -0.3 is 5.84 Å². The molecule has 0 fully saturated rings. The summed E-state index contributed by atoms with van der Waals surface area (Å²) < 4.78 is 21.8. The molecule has 0 rings (SSSR count). The third kappa shape index (κ3) is 7.29. The minimum Gasteiger partial charge on any atom is -0.323 e. The van der Waals surface area contributed by atoms with E-state index in [4.69, 9.17) is 13.8 Å². The Balaban J connectivity index is 4.39. The summed E-state index contributed by atoms with van der Waals surface area (Å²) in [5, 5.41) is 3.03. The highest BCUT2D eigenvalue weighted by Gasteiger charge is 2.30. The first-order valence-corrected chi connectivity index (χ1v) is 7.86. The highest BCUT2D eigenvalue weighted by atomic mass is 32.2. The lowest BCUT2D eigenvalue weighted by atomic mass is 10.5. The van der Waals surface area contributed by atoms with Gasteiger partial charge in [0.05, 0.1) is 6.21 Å². The molecule has 2 N–H and O–H groups in total. The Labute approximate surface area is 104 Å². The molecule has 0 aromatic rings. The summed E-state index contributed by atoms with van der Waals surface area (Å²) in [4.78, 5) is 11.1. The van der Waals surface area contributed by atoms with Crippen molar-refractivity contribution in [2.75, 3.05) is 11.5 Å². The Morgan fingerprint density at radius 3 is 2.25 bits per heavy atom. The van der Waals surface area contributed by atoms with E-state index in [2.05, 4.69) is 5.10 Å².